The van der Waals surface area contributed by atoms with Crippen LogP contribution in [0.4, 0.5) is 5.95 Å². The summed E-state index contributed by atoms with van der Waals surface area (Å²) in [6.07, 6.45) is 1.67. The van der Waals surface area contributed by atoms with Crippen LogP contribution in [-0.4, -0.2) is 23.3 Å². The number of aromatic nitrogens is 2. The van der Waals surface area contributed by atoms with Crippen molar-refractivity contribution in [2.45, 2.75) is 26.7 Å². The molecule has 30 heavy (non-hydrogen) atoms. The molecule has 0 saturated carbocycles. The van der Waals surface area contributed by atoms with Crippen molar-refractivity contribution in [2.75, 3.05) is 12.5 Å². The number of nitrogens with one attached hydrogen (secondary N) is 2. The number of benzene rings is 2. The van der Waals surface area contributed by atoms with E-state index in [4.69, 9.17) is 4.74 Å². The predicted octanol–water partition coefficient (Wildman–Crippen LogP) is 4.20. The largest absolute Gasteiger partial charge is 0.496 e. The van der Waals surface area contributed by atoms with Crippen LogP contribution in [0.5, 0.6) is 5.75 Å². The van der Waals surface area contributed by atoms with E-state index < -0.39 is 5.56 Å². The van der Waals surface area contributed by atoms with Gasteiger partial charge in [-0.1, -0.05) is 44.2 Å². The Morgan fingerprint density at radius 1 is 1.27 bits per heavy atom. The SMILES string of the molecule is COc1cc(C)c(C=NNc2nc(-c3ccccc3)c(C#N)c(=O)[nH]2)cc1C(C)C. The van der Waals surface area contributed by atoms with E-state index in [1.165, 1.54) is 0 Å². The van der Waals surface area contributed by atoms with Gasteiger partial charge in [-0.2, -0.15) is 10.4 Å². The molecule has 0 unspecified atom stereocenters. The molecular weight excluding hydrogens is 378 g/mol. The van der Waals surface area contributed by atoms with Crippen LogP contribution in [0.2, 0.25) is 0 Å². The van der Waals surface area contributed by atoms with Crippen molar-refractivity contribution in [3.63, 3.8) is 0 Å². The summed E-state index contributed by atoms with van der Waals surface area (Å²) in [7, 11) is 1.66. The molecule has 2 aromatic carbocycles. The highest BCUT2D eigenvalue weighted by atomic mass is 16.5. The van der Waals surface area contributed by atoms with Gasteiger partial charge in [0.25, 0.3) is 5.56 Å². The number of hydrazone groups is 1. The highest BCUT2D eigenvalue weighted by molar-refractivity contribution is 5.83. The Morgan fingerprint density at radius 2 is 2.00 bits per heavy atom. The average Bonchev–Trinajstić information content (AvgIpc) is 2.74. The quantitative estimate of drug-likeness (QED) is 0.476. The molecule has 0 aliphatic heterocycles. The highest BCUT2D eigenvalue weighted by Crippen LogP contribution is 2.29. The fourth-order valence-corrected chi connectivity index (χ4v) is 3.08. The minimum absolute atomic E-state index is 0.0386. The molecule has 1 heterocycles. The Hall–Kier alpha value is -3.92. The summed E-state index contributed by atoms with van der Waals surface area (Å²) in [6.45, 7) is 6.18. The first-order valence-electron chi connectivity index (χ1n) is 9.52. The average molecular weight is 401 g/mol. The van der Waals surface area contributed by atoms with Gasteiger partial charge in [0.15, 0.2) is 0 Å². The first-order valence-corrected chi connectivity index (χ1v) is 9.52. The van der Waals surface area contributed by atoms with Crippen molar-refractivity contribution in [3.05, 3.63) is 75.1 Å². The minimum atomic E-state index is -0.522. The smallest absolute Gasteiger partial charge is 0.270 e. The maximum absolute atomic E-state index is 12.3. The maximum Gasteiger partial charge on any atom is 0.270 e. The van der Waals surface area contributed by atoms with Crippen LogP contribution < -0.4 is 15.7 Å². The second kappa shape index (κ2) is 9.05. The molecule has 0 aliphatic carbocycles. The van der Waals surface area contributed by atoms with Gasteiger partial charge in [-0.05, 0) is 41.7 Å². The van der Waals surface area contributed by atoms with Gasteiger partial charge in [0.1, 0.15) is 17.4 Å². The van der Waals surface area contributed by atoms with Crippen LogP contribution in [0.25, 0.3) is 11.3 Å². The summed E-state index contributed by atoms with van der Waals surface area (Å²) >= 11 is 0. The number of aryl methyl sites for hydroxylation is 1. The van der Waals surface area contributed by atoms with E-state index in [0.717, 1.165) is 22.4 Å². The van der Waals surface area contributed by atoms with Crippen LogP contribution in [0.15, 0.2) is 52.4 Å². The molecule has 7 heteroatoms. The molecule has 3 rings (SSSR count). The second-order valence-corrected chi connectivity index (χ2v) is 7.09. The lowest BCUT2D eigenvalue weighted by Gasteiger charge is -2.14. The molecule has 0 amide bonds. The van der Waals surface area contributed by atoms with Crippen LogP contribution in [0.3, 0.4) is 0 Å². The van der Waals surface area contributed by atoms with Crippen molar-refractivity contribution >= 4 is 12.2 Å². The zero-order valence-corrected chi connectivity index (χ0v) is 17.4. The fourth-order valence-electron chi connectivity index (χ4n) is 3.08. The zero-order chi connectivity index (χ0) is 21.7. The molecule has 0 aliphatic rings. The molecule has 3 aromatic rings. The fraction of sp³-hybridized carbons (Fsp3) is 0.217. The van der Waals surface area contributed by atoms with Crippen LogP contribution >= 0.6 is 0 Å². The van der Waals surface area contributed by atoms with Gasteiger partial charge >= 0.3 is 0 Å². The van der Waals surface area contributed by atoms with Gasteiger partial charge in [-0.15, -0.1) is 0 Å². The van der Waals surface area contributed by atoms with Gasteiger partial charge in [-0.3, -0.25) is 9.78 Å². The van der Waals surface area contributed by atoms with Gasteiger partial charge in [0.2, 0.25) is 5.95 Å². The van der Waals surface area contributed by atoms with E-state index in [9.17, 15) is 10.1 Å². The Balaban J connectivity index is 1.92. The van der Waals surface area contributed by atoms with E-state index in [-0.39, 0.29) is 11.5 Å². The number of nitriles is 1. The van der Waals surface area contributed by atoms with Crippen molar-refractivity contribution < 1.29 is 4.74 Å². The van der Waals surface area contributed by atoms with E-state index in [0.29, 0.717) is 17.2 Å². The van der Waals surface area contributed by atoms with Crippen LogP contribution in [0, 0.1) is 18.3 Å². The standard InChI is InChI=1S/C23H23N5O2/c1-14(2)18-11-17(15(3)10-20(18)30-4)13-25-28-23-26-21(16-8-6-5-7-9-16)19(12-24)22(29)27-23/h5-11,13-14H,1-4H3,(H2,26,27,28,29). The van der Waals surface area contributed by atoms with E-state index in [1.54, 1.807) is 25.5 Å². The first-order chi connectivity index (χ1) is 14.4. The summed E-state index contributed by atoms with van der Waals surface area (Å²) in [5.41, 5.74) is 6.20. The predicted molar refractivity (Wildman–Crippen MR) is 118 cm³/mol. The molecule has 0 atom stereocenters. The second-order valence-electron chi connectivity index (χ2n) is 7.09. The van der Waals surface area contributed by atoms with Crippen LogP contribution in [0.1, 0.15) is 42.0 Å². The molecule has 0 bridgehead atoms. The first kappa shape index (κ1) is 20.8. The number of nitrogens with zero attached hydrogens (tertiary/aromatic N) is 3. The monoisotopic (exact) mass is 401 g/mol. The third-order valence-corrected chi connectivity index (χ3v) is 4.69. The Kier molecular flexibility index (Phi) is 6.28. The van der Waals surface area contributed by atoms with Crippen LogP contribution in [-0.2, 0) is 0 Å². The Bertz CT molecular complexity index is 1170. The van der Waals surface area contributed by atoms with E-state index in [2.05, 4.69) is 34.3 Å². The summed E-state index contributed by atoms with van der Waals surface area (Å²) in [4.78, 5) is 19.2. The number of methoxy groups -OCH3 is 1. The lowest BCUT2D eigenvalue weighted by atomic mass is 9.97. The molecular formula is C23H23N5O2. The number of H-pyrrole nitrogens is 1. The molecule has 0 radical (unpaired) electrons. The molecule has 0 spiro atoms. The number of rotatable bonds is 6. The van der Waals surface area contributed by atoms with Crippen molar-refractivity contribution in [2.24, 2.45) is 5.10 Å². The van der Waals surface area contributed by atoms with Crippen molar-refractivity contribution in [1.29, 1.82) is 5.26 Å². The third kappa shape index (κ3) is 4.39. The Labute approximate surface area is 175 Å². The maximum atomic E-state index is 12.3. The van der Waals surface area contributed by atoms with Gasteiger partial charge < -0.3 is 4.74 Å². The lowest BCUT2D eigenvalue weighted by Crippen LogP contribution is -2.16. The Morgan fingerprint density at radius 3 is 2.63 bits per heavy atom. The summed E-state index contributed by atoms with van der Waals surface area (Å²) < 4.78 is 5.47. The molecule has 2 N–H and O–H groups in total. The van der Waals surface area contributed by atoms with Crippen molar-refractivity contribution in [1.82, 2.24) is 9.97 Å². The lowest BCUT2D eigenvalue weighted by molar-refractivity contribution is 0.407. The van der Waals surface area contributed by atoms with Gasteiger partial charge in [-0.25, -0.2) is 10.4 Å². The van der Waals surface area contributed by atoms with E-state index >= 15 is 0 Å². The normalized spacial score (nSPS) is 10.9. The number of ether oxygens (including phenoxy) is 1. The topological polar surface area (TPSA) is 103 Å². The zero-order valence-electron chi connectivity index (χ0n) is 17.4. The van der Waals surface area contributed by atoms with Crippen molar-refractivity contribution in [3.8, 4) is 23.1 Å². The number of hydrogen-bond acceptors (Lipinski definition) is 6. The molecule has 7 nitrogen and oxygen atoms in total. The third-order valence-electron chi connectivity index (χ3n) is 4.69. The number of anilines is 1. The highest BCUT2D eigenvalue weighted by Gasteiger charge is 2.13. The molecule has 152 valence electrons. The summed E-state index contributed by atoms with van der Waals surface area (Å²) in [5, 5.41) is 13.6. The number of aromatic amines is 1. The molecule has 1 aromatic heterocycles. The summed E-state index contributed by atoms with van der Waals surface area (Å²) in [6, 6.07) is 15.0. The summed E-state index contributed by atoms with van der Waals surface area (Å²) in [5.74, 6) is 1.30. The van der Waals surface area contributed by atoms with Gasteiger partial charge in [0, 0.05) is 5.56 Å². The molecule has 0 fully saturated rings. The van der Waals surface area contributed by atoms with E-state index in [1.807, 2.05) is 43.3 Å². The number of hydrogen-bond donors (Lipinski definition) is 2. The minimum Gasteiger partial charge on any atom is -0.496 e. The van der Waals surface area contributed by atoms with Gasteiger partial charge in [0.05, 0.1) is 19.0 Å². The molecule has 0 saturated heterocycles.